The number of hydrogen-bond donors (Lipinski definition) is 5. The van der Waals surface area contributed by atoms with E-state index < -0.39 is 20.4 Å². The molecule has 46 heavy (non-hydrogen) atoms. The van der Waals surface area contributed by atoms with E-state index in [0.29, 0.717) is 35.0 Å². The van der Waals surface area contributed by atoms with Gasteiger partial charge in [-0.3, -0.25) is 14.5 Å². The van der Waals surface area contributed by atoms with E-state index in [1.54, 1.807) is 4.90 Å². The Morgan fingerprint density at radius 3 is 2.48 bits per heavy atom. The Morgan fingerprint density at radius 1 is 1.00 bits per heavy atom. The van der Waals surface area contributed by atoms with Gasteiger partial charge in [-0.1, -0.05) is 12.8 Å². The standard InChI is InChI=1S/C31H38N5O7PS.Sn/c32-29-22-10-4-3-9-21(22)20-36(24-12-6-5-11-23(24)30(29)33)27(38)13-15-34-26(37)14-16-35-28(39)19-25(31(35)40)45-18-8-2-1-7-17-43-44(41)42;/h3-6,9-12,19,41-42H,1-2,7-8,13-18,20H2,(H5,32,33,34,37,39,40);/q;+1/p-1. The maximum atomic E-state index is 13.5. The van der Waals surface area contributed by atoms with Crippen LogP contribution in [-0.2, 0) is 30.2 Å². The van der Waals surface area contributed by atoms with Gasteiger partial charge in [-0.2, -0.15) is 0 Å². The number of hydrogen-bond acceptors (Lipinski definition) is 10. The molecule has 0 saturated carbocycles. The van der Waals surface area contributed by atoms with Gasteiger partial charge in [-0.05, 0) is 18.6 Å². The zero-order valence-electron chi connectivity index (χ0n) is 25.2. The molecule has 2 aliphatic heterocycles. The zero-order chi connectivity index (χ0) is 33.1. The number of nitrogens with two attached hydrogens (primary N) is 1. The van der Waals surface area contributed by atoms with Gasteiger partial charge in [-0.25, -0.2) is 0 Å². The number of carbonyl (C=O) groups excluding carboxylic acids is 4. The number of fused-ring (bicyclic) bond motifs is 2. The van der Waals surface area contributed by atoms with Crippen molar-refractivity contribution in [2.75, 3.05) is 30.3 Å². The molecule has 0 saturated heterocycles. The van der Waals surface area contributed by atoms with Gasteiger partial charge < -0.3 is 14.3 Å². The van der Waals surface area contributed by atoms with Gasteiger partial charge in [0.15, 0.2) is 0 Å². The SMILES string of the molecule is N/C1=C(\[NH][Sn])c2ccccc2CN(C(=O)CCNC(=O)CCN2C(=O)C=C(SCCCCCCOP(O)O)C2=O)c2ccccc21. The van der Waals surface area contributed by atoms with Gasteiger partial charge in [0.25, 0.3) is 11.8 Å². The third kappa shape index (κ3) is 9.55. The van der Waals surface area contributed by atoms with Crippen LogP contribution in [0.1, 0.15) is 55.2 Å². The summed E-state index contributed by atoms with van der Waals surface area (Å²) in [5.41, 5.74) is 11.3. The first-order chi connectivity index (χ1) is 22.2. The molecule has 2 aromatic carbocycles. The molecule has 2 heterocycles. The van der Waals surface area contributed by atoms with E-state index in [1.165, 1.54) is 17.8 Å². The normalized spacial score (nSPS) is 16.1. The first kappa shape index (κ1) is 35.9. The molecule has 2 aromatic rings. The van der Waals surface area contributed by atoms with Crippen molar-refractivity contribution in [3.8, 4) is 0 Å². The molecule has 0 aromatic heterocycles. The van der Waals surface area contributed by atoms with Crippen LogP contribution < -0.4 is 19.5 Å². The van der Waals surface area contributed by atoms with Gasteiger partial charge in [0.2, 0.25) is 0 Å². The van der Waals surface area contributed by atoms with E-state index in [4.69, 9.17) is 20.0 Å². The summed E-state index contributed by atoms with van der Waals surface area (Å²) in [4.78, 5) is 71.9. The summed E-state index contributed by atoms with van der Waals surface area (Å²) in [5.74, 6) is -0.722. The van der Waals surface area contributed by atoms with Crippen LogP contribution in [0.15, 0.2) is 59.5 Å². The second-order valence-electron chi connectivity index (χ2n) is 10.6. The molecule has 12 nitrogen and oxygen atoms in total. The second-order valence-corrected chi connectivity index (χ2v) is 13.2. The molecular formula is C31H37N5O7PSSn. The third-order valence-corrected chi connectivity index (χ3v) is 9.72. The minimum absolute atomic E-state index is 0.0478. The van der Waals surface area contributed by atoms with Crippen molar-refractivity contribution < 1.29 is 33.5 Å². The Labute approximate surface area is 287 Å². The number of nitrogens with one attached hydrogen (secondary N) is 2. The first-order valence-corrected chi connectivity index (χ1v) is 18.5. The second kappa shape index (κ2) is 17.8. The molecule has 0 aliphatic carbocycles. The summed E-state index contributed by atoms with van der Waals surface area (Å²) in [6.07, 6.45) is 4.57. The molecule has 15 heteroatoms. The van der Waals surface area contributed by atoms with Crippen molar-refractivity contribution in [1.82, 2.24) is 13.8 Å². The number of benzene rings is 2. The number of unbranched alkanes of at least 4 members (excludes halogenated alkanes) is 3. The summed E-state index contributed by atoms with van der Waals surface area (Å²) in [6.45, 7) is 0.681. The fourth-order valence-electron chi connectivity index (χ4n) is 5.16. The van der Waals surface area contributed by atoms with E-state index in [9.17, 15) is 19.2 Å². The molecule has 4 amide bonds. The van der Waals surface area contributed by atoms with Crippen molar-refractivity contribution >= 4 is 83.9 Å². The third-order valence-electron chi connectivity index (χ3n) is 7.50. The summed E-state index contributed by atoms with van der Waals surface area (Å²) < 4.78 is 8.03. The van der Waals surface area contributed by atoms with Crippen LogP contribution in [0.25, 0.3) is 11.4 Å². The molecule has 0 bridgehead atoms. The topological polar surface area (TPSA) is 175 Å². The average Bonchev–Trinajstić information content (AvgIpc) is 3.31. The predicted molar refractivity (Wildman–Crippen MR) is 179 cm³/mol. The fraction of sp³-hybridized carbons (Fsp3) is 0.355. The summed E-state index contributed by atoms with van der Waals surface area (Å²) >= 11 is 2.41. The molecule has 3 radical (unpaired) electrons. The van der Waals surface area contributed by atoms with Crippen molar-refractivity contribution in [2.45, 2.75) is 45.1 Å². The molecule has 0 fully saturated rings. The van der Waals surface area contributed by atoms with E-state index in [-0.39, 0.29) is 44.4 Å². The monoisotopic (exact) mass is 774 g/mol. The van der Waals surface area contributed by atoms with Gasteiger partial charge in [0.1, 0.15) is 0 Å². The maximum absolute atomic E-state index is 13.5. The van der Waals surface area contributed by atoms with Crippen molar-refractivity contribution in [3.63, 3.8) is 0 Å². The Kier molecular flexibility index (Phi) is 13.9. The van der Waals surface area contributed by atoms with Crippen molar-refractivity contribution in [2.24, 2.45) is 5.73 Å². The van der Waals surface area contributed by atoms with Crippen LogP contribution >= 0.6 is 20.4 Å². The number of amides is 4. The zero-order valence-corrected chi connectivity index (χ0v) is 29.8. The van der Waals surface area contributed by atoms with Crippen LogP contribution in [0, 0.1) is 0 Å². The summed E-state index contributed by atoms with van der Waals surface area (Å²) in [6, 6.07) is 15.3. The molecule has 0 unspecified atom stereocenters. The quantitative estimate of drug-likeness (QED) is 0.0739. The van der Waals surface area contributed by atoms with Crippen LogP contribution in [0.3, 0.4) is 0 Å². The first-order valence-electron chi connectivity index (χ1n) is 14.9. The number of anilines is 1. The van der Waals surface area contributed by atoms with Crippen LogP contribution in [0.2, 0.25) is 0 Å². The minimum atomic E-state index is -2.32. The van der Waals surface area contributed by atoms with Gasteiger partial charge in [0, 0.05) is 12.6 Å². The van der Waals surface area contributed by atoms with Crippen LogP contribution in [0.5, 0.6) is 0 Å². The molecular weight excluding hydrogens is 736 g/mol. The summed E-state index contributed by atoms with van der Waals surface area (Å²) in [7, 11) is -2.32. The molecule has 243 valence electrons. The Morgan fingerprint density at radius 2 is 1.72 bits per heavy atom. The Balaban J connectivity index is 1.24. The van der Waals surface area contributed by atoms with Gasteiger partial charge in [0.05, 0.1) is 11.5 Å². The average molecular weight is 773 g/mol. The molecule has 2 aliphatic rings. The van der Waals surface area contributed by atoms with E-state index in [0.717, 1.165) is 69.3 Å². The number of para-hydroxylation sites is 1. The fourth-order valence-corrected chi connectivity index (χ4v) is 7.21. The van der Waals surface area contributed by atoms with E-state index in [1.807, 2.05) is 48.5 Å². The van der Waals surface area contributed by atoms with Crippen LogP contribution in [0.4, 0.5) is 5.69 Å². The number of nitrogens with zero attached hydrogens (tertiary/aromatic N) is 2. The van der Waals surface area contributed by atoms with Crippen LogP contribution in [-0.4, -0.2) is 86.6 Å². The van der Waals surface area contributed by atoms with Gasteiger partial charge >= 0.3 is 181 Å². The van der Waals surface area contributed by atoms with E-state index in [2.05, 4.69) is 8.86 Å². The van der Waals surface area contributed by atoms with E-state index >= 15 is 0 Å². The summed E-state index contributed by atoms with van der Waals surface area (Å²) in [5, 5.41) is 2.75. The molecule has 0 atom stereocenters. The molecule has 0 spiro atoms. The van der Waals surface area contributed by atoms with Crippen molar-refractivity contribution in [3.05, 3.63) is 76.2 Å². The number of rotatable bonds is 16. The van der Waals surface area contributed by atoms with Gasteiger partial charge in [-0.15, -0.1) is 11.8 Å². The molecule has 6 N–H and O–H groups in total. The number of imide groups is 1. The number of carbonyl (C=O) groups is 4. The molecule has 4 rings (SSSR count). The Bertz CT molecular complexity index is 1510. The Hall–Kier alpha value is -2.94. The number of thioether (sulfide) groups is 1. The van der Waals surface area contributed by atoms with Crippen molar-refractivity contribution in [1.29, 1.82) is 0 Å². The predicted octanol–water partition coefficient (Wildman–Crippen LogP) is 2.66.